The number of hydrogen-bond donors (Lipinski definition) is 2. The van der Waals surface area contributed by atoms with Gasteiger partial charge in [0, 0.05) is 39.0 Å². The first kappa shape index (κ1) is 48.0. The van der Waals surface area contributed by atoms with Gasteiger partial charge in [-0.3, -0.25) is 19.2 Å². The first-order valence-electron chi connectivity index (χ1n) is 20.8. The predicted molar refractivity (Wildman–Crippen MR) is 248 cm³/mol. The number of nitrogens with zero attached hydrogens (tertiary/aromatic N) is 2. The molecule has 3 atom stereocenters. The molecule has 11 nitrogen and oxygen atoms in total. The molecule has 3 unspecified atom stereocenters. The Morgan fingerprint density at radius 3 is 2.03 bits per heavy atom. The van der Waals surface area contributed by atoms with Crippen molar-refractivity contribution < 1.29 is 33.4 Å². The minimum Gasteiger partial charge on any atom is -0.497 e. The quantitative estimate of drug-likeness (QED) is 0.0312. The number of carbonyl (C=O) groups is 5. The highest BCUT2D eigenvalue weighted by atomic mass is 35.5. The molecule has 0 radical (unpaired) electrons. The molecule has 1 heterocycles. The maximum absolute atomic E-state index is 14.6. The number of urea groups is 1. The van der Waals surface area contributed by atoms with Crippen LogP contribution in [0.2, 0.25) is 5.02 Å². The number of imide groups is 1. The van der Waals surface area contributed by atoms with E-state index < -0.39 is 46.0 Å². The Bertz CT molecular complexity index is 2290. The normalized spacial score (nSPS) is 15.8. The number of nitrogens with one attached hydrogen (secondary N) is 2. The van der Waals surface area contributed by atoms with Gasteiger partial charge in [0.2, 0.25) is 5.78 Å². The number of ether oxygens (including phenoxy) is 2. The van der Waals surface area contributed by atoms with Gasteiger partial charge >= 0.3 is 6.03 Å². The van der Waals surface area contributed by atoms with E-state index in [2.05, 4.69) is 64.3 Å². The number of hydrogen-bond acceptors (Lipinski definition) is 8. The highest BCUT2D eigenvalue weighted by Crippen LogP contribution is 2.41. The monoisotopic (exact) mass is 902 g/mol. The van der Waals surface area contributed by atoms with Crippen molar-refractivity contribution in [3.05, 3.63) is 113 Å². The molecule has 0 bridgehead atoms. The second-order valence-electron chi connectivity index (χ2n) is 16.5. The molecule has 1 fully saturated rings. The van der Waals surface area contributed by atoms with E-state index >= 15 is 0 Å². The van der Waals surface area contributed by atoms with Crippen LogP contribution in [0.4, 0.5) is 16.2 Å². The number of thioether (sulfide) groups is 1. The zero-order chi connectivity index (χ0) is 45.6. The second-order valence-corrected chi connectivity index (χ2v) is 18.6. The van der Waals surface area contributed by atoms with Crippen LogP contribution in [0.3, 0.4) is 0 Å². The van der Waals surface area contributed by atoms with Crippen LogP contribution in [-0.4, -0.2) is 69.5 Å². The zero-order valence-electron chi connectivity index (χ0n) is 36.8. The third kappa shape index (κ3) is 10.2. The van der Waals surface area contributed by atoms with Crippen LogP contribution in [-0.2, 0) is 25.2 Å². The summed E-state index contributed by atoms with van der Waals surface area (Å²) in [4.78, 5) is 71.2. The van der Waals surface area contributed by atoms with Crippen molar-refractivity contribution >= 4 is 75.9 Å². The number of amides is 5. The standard InChI is InChI=1S/C48H56Cl2N4O7S/c1-10-27-53-43(62-36-24-20-32(49)21-25-36)42(57)54(45(53)59)48(50,40(55)30-17-22-35(60-9)23-18-30)44(58)52-34-16-14-15-33(29-34)51-41(56)38(11-2)61-39-26-19-31(46(5,6)12-3)28-37(39)47(7,8)13-4/h14-26,28-29,38,43H,10-13,27H2,1-9H3,(H,51,56)(H,52,58). The van der Waals surface area contributed by atoms with Crippen molar-refractivity contribution in [3.8, 4) is 11.5 Å². The minimum atomic E-state index is -2.88. The van der Waals surface area contributed by atoms with E-state index in [4.69, 9.17) is 32.7 Å². The molecule has 1 aliphatic rings. The van der Waals surface area contributed by atoms with Gasteiger partial charge in [0.05, 0.1) is 7.11 Å². The molecule has 2 N–H and O–H groups in total. The third-order valence-corrected chi connectivity index (χ3v) is 13.5. The minimum absolute atomic E-state index is 0.0421. The lowest BCUT2D eigenvalue weighted by Gasteiger charge is -2.32. The van der Waals surface area contributed by atoms with Gasteiger partial charge in [-0.05, 0) is 115 Å². The van der Waals surface area contributed by atoms with E-state index in [-0.39, 0.29) is 28.6 Å². The number of ketones is 1. The fraction of sp³-hybridized carbons (Fsp3) is 0.396. The number of benzene rings is 4. The number of anilines is 2. The van der Waals surface area contributed by atoms with Crippen molar-refractivity contribution in [2.24, 2.45) is 0 Å². The Morgan fingerprint density at radius 2 is 1.45 bits per heavy atom. The molecular weight excluding hydrogens is 848 g/mol. The molecule has 0 aliphatic carbocycles. The Morgan fingerprint density at radius 1 is 0.823 bits per heavy atom. The Labute approximate surface area is 379 Å². The van der Waals surface area contributed by atoms with E-state index in [0.717, 1.165) is 30.2 Å². The molecule has 0 spiro atoms. The SMILES string of the molecule is CCCN1C(=O)N(C(Cl)(C(=O)Nc2cccc(NC(=O)C(CC)Oc3ccc(C(C)(C)CC)cc3C(C)(C)CC)c2)C(=O)c2ccc(OC)cc2)C(=O)C1Sc1ccc(Cl)cc1. The van der Waals surface area contributed by atoms with E-state index in [1.807, 2.05) is 19.9 Å². The number of carbonyl (C=O) groups excluding carboxylic acids is 5. The highest BCUT2D eigenvalue weighted by Gasteiger charge is 2.61. The summed E-state index contributed by atoms with van der Waals surface area (Å²) in [7, 11) is 1.46. The Kier molecular flexibility index (Phi) is 15.5. The summed E-state index contributed by atoms with van der Waals surface area (Å²) in [5.41, 5.74) is 2.34. The van der Waals surface area contributed by atoms with Crippen molar-refractivity contribution in [2.75, 3.05) is 24.3 Å². The molecule has 5 amide bonds. The van der Waals surface area contributed by atoms with Crippen molar-refractivity contribution in [3.63, 3.8) is 0 Å². The molecule has 0 saturated carbocycles. The van der Waals surface area contributed by atoms with E-state index in [1.54, 1.807) is 36.4 Å². The van der Waals surface area contributed by atoms with Gasteiger partial charge in [-0.15, -0.1) is 0 Å². The van der Waals surface area contributed by atoms with E-state index in [1.165, 1.54) is 54.0 Å². The number of Topliss-reactive ketones (excluding diaryl/α,β-unsaturated/α-hetero) is 1. The van der Waals surface area contributed by atoms with Gasteiger partial charge in [0.25, 0.3) is 22.7 Å². The van der Waals surface area contributed by atoms with Crippen molar-refractivity contribution in [2.45, 2.75) is 113 Å². The van der Waals surface area contributed by atoms with E-state index in [9.17, 15) is 24.0 Å². The maximum Gasteiger partial charge on any atom is 0.330 e. The van der Waals surface area contributed by atoms with Gasteiger partial charge in [0.15, 0.2) is 11.5 Å². The lowest BCUT2D eigenvalue weighted by Crippen LogP contribution is -2.60. The van der Waals surface area contributed by atoms with Crippen LogP contribution >= 0.6 is 35.0 Å². The third-order valence-electron chi connectivity index (χ3n) is 11.5. The van der Waals surface area contributed by atoms with Gasteiger partial charge < -0.3 is 25.0 Å². The summed E-state index contributed by atoms with van der Waals surface area (Å²) < 4.78 is 11.7. The summed E-state index contributed by atoms with van der Waals surface area (Å²) in [5, 5.41) is 4.90. The molecule has 14 heteroatoms. The molecule has 330 valence electrons. The molecule has 1 saturated heterocycles. The first-order chi connectivity index (χ1) is 29.3. The summed E-state index contributed by atoms with van der Waals surface area (Å²) in [6.07, 6.45) is 1.79. The number of rotatable bonds is 19. The average molecular weight is 904 g/mol. The van der Waals surface area contributed by atoms with Crippen molar-refractivity contribution in [1.82, 2.24) is 9.80 Å². The largest absolute Gasteiger partial charge is 0.497 e. The van der Waals surface area contributed by atoms with Gasteiger partial charge in [-0.1, -0.05) is 109 Å². The first-order valence-corrected chi connectivity index (χ1v) is 22.5. The van der Waals surface area contributed by atoms with Crippen LogP contribution in [0.1, 0.15) is 103 Å². The van der Waals surface area contributed by atoms with Crippen LogP contribution in [0, 0.1) is 0 Å². The molecule has 4 aromatic carbocycles. The molecule has 0 aromatic heterocycles. The number of alkyl halides is 1. The molecule has 62 heavy (non-hydrogen) atoms. The fourth-order valence-corrected chi connectivity index (χ4v) is 8.38. The fourth-order valence-electron chi connectivity index (χ4n) is 6.86. The Balaban J connectivity index is 1.44. The molecular formula is C48H56Cl2N4O7S. The maximum atomic E-state index is 14.6. The van der Waals surface area contributed by atoms with Crippen LogP contribution in [0.15, 0.2) is 95.9 Å². The zero-order valence-corrected chi connectivity index (χ0v) is 39.1. The number of methoxy groups -OCH3 is 1. The smallest absolute Gasteiger partial charge is 0.330 e. The molecule has 4 aromatic rings. The second kappa shape index (κ2) is 20.0. The Hall–Kier alpha value is -5.04. The summed E-state index contributed by atoms with van der Waals surface area (Å²) in [6.45, 7) is 16.9. The average Bonchev–Trinajstić information content (AvgIpc) is 3.49. The lowest BCUT2D eigenvalue weighted by atomic mass is 9.76. The molecule has 5 rings (SSSR count). The predicted octanol–water partition coefficient (Wildman–Crippen LogP) is 11.1. The summed E-state index contributed by atoms with van der Waals surface area (Å²) in [5.74, 6) is -2.37. The van der Waals surface area contributed by atoms with Gasteiger partial charge in [0.1, 0.15) is 11.5 Å². The topological polar surface area (TPSA) is 134 Å². The molecule has 1 aliphatic heterocycles. The highest BCUT2D eigenvalue weighted by molar-refractivity contribution is 8.00. The lowest BCUT2D eigenvalue weighted by molar-refractivity contribution is -0.133. The van der Waals surface area contributed by atoms with Gasteiger partial charge in [-0.25, -0.2) is 9.69 Å². The van der Waals surface area contributed by atoms with Crippen molar-refractivity contribution in [1.29, 1.82) is 0 Å². The van der Waals surface area contributed by atoms with E-state index in [0.29, 0.717) is 44.8 Å². The van der Waals surface area contributed by atoms with Gasteiger partial charge in [-0.2, -0.15) is 0 Å². The van der Waals surface area contributed by atoms with Crippen LogP contribution in [0.5, 0.6) is 11.5 Å². The summed E-state index contributed by atoms with van der Waals surface area (Å²) in [6, 6.07) is 24.1. The van der Waals surface area contributed by atoms with Crippen LogP contribution < -0.4 is 20.1 Å². The number of halogens is 2. The van der Waals surface area contributed by atoms with Crippen LogP contribution in [0.25, 0.3) is 0 Å². The summed E-state index contributed by atoms with van der Waals surface area (Å²) >= 11 is 14.3.